The zero-order valence-electron chi connectivity index (χ0n) is 19.7. The fraction of sp³-hybridized carbons (Fsp3) is 0.0333. The van der Waals surface area contributed by atoms with E-state index in [1.807, 2.05) is 77.5 Å². The fourth-order valence-electron chi connectivity index (χ4n) is 4.20. The lowest BCUT2D eigenvalue weighted by Gasteiger charge is -2.12. The van der Waals surface area contributed by atoms with Crippen LogP contribution in [0.3, 0.4) is 0 Å². The lowest BCUT2D eigenvalue weighted by atomic mass is 10.1. The number of rotatable bonds is 6. The van der Waals surface area contributed by atoms with Crippen molar-refractivity contribution in [1.82, 2.24) is 14.7 Å². The third kappa shape index (κ3) is 4.79. The third-order valence-corrected chi connectivity index (χ3v) is 7.43. The Hall–Kier alpha value is -4.20. The number of aromatic nitrogens is 2. The molecular weight excluding hydrogens is 498 g/mol. The van der Waals surface area contributed by atoms with Gasteiger partial charge >= 0.3 is 0 Å². The van der Waals surface area contributed by atoms with Crippen LogP contribution in [0.25, 0.3) is 34.3 Å². The average molecular weight is 520 g/mol. The molecule has 2 aromatic heterocycles. The van der Waals surface area contributed by atoms with Crippen molar-refractivity contribution < 1.29 is 9.21 Å². The number of thiocarbonyl (C=S) groups is 1. The van der Waals surface area contributed by atoms with Gasteiger partial charge < -0.3 is 4.42 Å². The zero-order chi connectivity index (χ0) is 25.2. The quantitative estimate of drug-likeness (QED) is 0.175. The van der Waals surface area contributed by atoms with Crippen LogP contribution in [-0.2, 0) is 11.3 Å². The molecule has 7 heteroatoms. The minimum absolute atomic E-state index is 0.110. The van der Waals surface area contributed by atoms with Crippen LogP contribution >= 0.6 is 24.0 Å². The number of benzene rings is 3. The molecule has 1 aliphatic rings. The second-order valence-corrected chi connectivity index (χ2v) is 10.2. The van der Waals surface area contributed by atoms with Gasteiger partial charge in [-0.3, -0.25) is 9.69 Å². The molecule has 0 saturated carbocycles. The molecule has 0 radical (unpaired) electrons. The van der Waals surface area contributed by atoms with Crippen LogP contribution < -0.4 is 0 Å². The van der Waals surface area contributed by atoms with E-state index in [9.17, 15) is 4.79 Å². The van der Waals surface area contributed by atoms with Gasteiger partial charge in [0.05, 0.1) is 34.8 Å². The topological polar surface area (TPSA) is 51.3 Å². The van der Waals surface area contributed by atoms with Crippen molar-refractivity contribution in [1.29, 1.82) is 0 Å². The molecule has 37 heavy (non-hydrogen) atoms. The van der Waals surface area contributed by atoms with Crippen molar-refractivity contribution in [3.05, 3.63) is 126 Å². The fourth-order valence-corrected chi connectivity index (χ4v) is 5.46. The minimum Gasteiger partial charge on any atom is -0.467 e. The SMILES string of the molecule is O=C1/C(=C/c2ccc(-n3nc(-c4ccccc4)cc3-c3ccccc3)cc2)SC(=S)N1Cc1ccco1. The standard InChI is InChI=1S/C30H21N3O2S2/c34-29-28(37-30(36)32(29)20-25-12-7-17-35-25)18-21-13-15-24(16-14-21)33-27(23-10-5-2-6-11-23)19-26(31-33)22-8-3-1-4-9-22/h1-19H,20H2/b28-18-. The highest BCUT2D eigenvalue weighted by atomic mass is 32.2. The van der Waals surface area contributed by atoms with E-state index in [4.69, 9.17) is 21.7 Å². The molecule has 1 fully saturated rings. The maximum absolute atomic E-state index is 13.0. The molecule has 1 saturated heterocycles. The van der Waals surface area contributed by atoms with Gasteiger partial charge in [-0.2, -0.15) is 5.10 Å². The summed E-state index contributed by atoms with van der Waals surface area (Å²) < 4.78 is 7.87. The lowest BCUT2D eigenvalue weighted by molar-refractivity contribution is -0.122. The average Bonchev–Trinajstić information content (AvgIpc) is 3.68. The molecule has 0 atom stereocenters. The Morgan fingerprint density at radius 2 is 1.57 bits per heavy atom. The van der Waals surface area contributed by atoms with E-state index in [1.165, 1.54) is 11.8 Å². The Balaban J connectivity index is 1.30. The first kappa shape index (κ1) is 23.2. The molecule has 0 spiro atoms. The molecule has 6 rings (SSSR count). The maximum atomic E-state index is 13.0. The van der Waals surface area contributed by atoms with Crippen LogP contribution in [0.5, 0.6) is 0 Å². The van der Waals surface area contributed by atoms with E-state index in [0.717, 1.165) is 33.8 Å². The van der Waals surface area contributed by atoms with Crippen LogP contribution in [-0.4, -0.2) is 24.9 Å². The zero-order valence-corrected chi connectivity index (χ0v) is 21.3. The number of carbonyl (C=O) groups is 1. The van der Waals surface area contributed by atoms with Crippen LogP contribution in [0.4, 0.5) is 0 Å². The van der Waals surface area contributed by atoms with Gasteiger partial charge in [0.2, 0.25) is 0 Å². The molecule has 5 aromatic rings. The molecule has 3 aromatic carbocycles. The monoisotopic (exact) mass is 519 g/mol. The van der Waals surface area contributed by atoms with Crippen molar-refractivity contribution >= 4 is 40.3 Å². The highest BCUT2D eigenvalue weighted by Gasteiger charge is 2.32. The number of carbonyl (C=O) groups excluding carboxylic acids is 1. The van der Waals surface area contributed by atoms with Gasteiger partial charge in [-0.15, -0.1) is 0 Å². The predicted molar refractivity (Wildman–Crippen MR) is 152 cm³/mol. The molecule has 1 amide bonds. The Kier molecular flexibility index (Phi) is 6.30. The van der Waals surface area contributed by atoms with Gasteiger partial charge in [0.15, 0.2) is 0 Å². The smallest absolute Gasteiger partial charge is 0.266 e. The largest absolute Gasteiger partial charge is 0.467 e. The van der Waals surface area contributed by atoms with Gasteiger partial charge in [0.25, 0.3) is 5.91 Å². The van der Waals surface area contributed by atoms with Gasteiger partial charge in [-0.05, 0) is 42.0 Å². The third-order valence-electron chi connectivity index (χ3n) is 6.05. The van der Waals surface area contributed by atoms with E-state index in [0.29, 0.717) is 21.5 Å². The summed E-state index contributed by atoms with van der Waals surface area (Å²) in [5.74, 6) is 0.589. The number of hydrogen-bond acceptors (Lipinski definition) is 5. The van der Waals surface area contributed by atoms with Crippen molar-refractivity contribution in [2.75, 3.05) is 0 Å². The minimum atomic E-state index is -0.110. The van der Waals surface area contributed by atoms with E-state index in [2.05, 4.69) is 30.3 Å². The predicted octanol–water partition coefficient (Wildman–Crippen LogP) is 7.20. The first-order valence-electron chi connectivity index (χ1n) is 11.7. The van der Waals surface area contributed by atoms with Gasteiger partial charge in [0, 0.05) is 11.1 Å². The van der Waals surface area contributed by atoms with Crippen LogP contribution in [0, 0.1) is 0 Å². The first-order valence-corrected chi connectivity index (χ1v) is 13.0. The number of furan rings is 1. The molecule has 5 nitrogen and oxygen atoms in total. The second-order valence-electron chi connectivity index (χ2n) is 8.50. The van der Waals surface area contributed by atoms with Crippen molar-refractivity contribution in [2.24, 2.45) is 0 Å². The molecule has 0 bridgehead atoms. The van der Waals surface area contributed by atoms with Crippen molar-refractivity contribution in [2.45, 2.75) is 6.54 Å². The summed E-state index contributed by atoms with van der Waals surface area (Å²) in [5.41, 5.74) is 5.91. The normalized spacial score (nSPS) is 14.6. The Labute approximate surface area is 224 Å². The summed E-state index contributed by atoms with van der Waals surface area (Å²) in [5, 5.41) is 4.94. The Morgan fingerprint density at radius 3 is 2.24 bits per heavy atom. The highest BCUT2D eigenvalue weighted by Crippen LogP contribution is 2.34. The van der Waals surface area contributed by atoms with Crippen LogP contribution in [0.1, 0.15) is 11.3 Å². The van der Waals surface area contributed by atoms with Crippen LogP contribution in [0.15, 0.2) is 119 Å². The molecule has 1 aliphatic heterocycles. The number of hydrogen-bond donors (Lipinski definition) is 0. The maximum Gasteiger partial charge on any atom is 0.266 e. The number of nitrogens with zero attached hydrogens (tertiary/aromatic N) is 3. The van der Waals surface area contributed by atoms with E-state index in [-0.39, 0.29) is 5.91 Å². The molecular formula is C30H21N3O2S2. The summed E-state index contributed by atoms with van der Waals surface area (Å²) in [6, 6.07) is 34.2. The van der Waals surface area contributed by atoms with Crippen LogP contribution in [0.2, 0.25) is 0 Å². The van der Waals surface area contributed by atoms with Crippen molar-refractivity contribution in [3.63, 3.8) is 0 Å². The van der Waals surface area contributed by atoms with Crippen molar-refractivity contribution in [3.8, 4) is 28.2 Å². The van der Waals surface area contributed by atoms with E-state index >= 15 is 0 Å². The number of thioether (sulfide) groups is 1. The summed E-state index contributed by atoms with van der Waals surface area (Å²) in [6.45, 7) is 0.333. The van der Waals surface area contributed by atoms with Gasteiger partial charge in [0.1, 0.15) is 10.1 Å². The summed E-state index contributed by atoms with van der Waals surface area (Å²) >= 11 is 6.76. The van der Waals surface area contributed by atoms with Gasteiger partial charge in [-0.1, -0.05) is 96.8 Å². The summed E-state index contributed by atoms with van der Waals surface area (Å²) in [7, 11) is 0. The first-order chi connectivity index (χ1) is 18.2. The Morgan fingerprint density at radius 1 is 0.865 bits per heavy atom. The molecule has 0 aliphatic carbocycles. The molecule has 3 heterocycles. The van der Waals surface area contributed by atoms with Gasteiger partial charge in [-0.25, -0.2) is 4.68 Å². The lowest BCUT2D eigenvalue weighted by Crippen LogP contribution is -2.27. The van der Waals surface area contributed by atoms with E-state index < -0.39 is 0 Å². The van der Waals surface area contributed by atoms with E-state index in [1.54, 1.807) is 17.2 Å². The summed E-state index contributed by atoms with van der Waals surface area (Å²) in [6.07, 6.45) is 3.47. The second kappa shape index (κ2) is 10.0. The molecule has 0 N–H and O–H groups in total. The Bertz CT molecular complexity index is 1590. The molecule has 0 unspecified atom stereocenters. The number of amides is 1. The highest BCUT2D eigenvalue weighted by molar-refractivity contribution is 8.26. The summed E-state index contributed by atoms with van der Waals surface area (Å²) in [4.78, 5) is 15.1. The molecule has 180 valence electrons.